The molecule has 1 aromatic carbocycles. The third kappa shape index (κ3) is 3.51. The first-order valence-electron chi connectivity index (χ1n) is 9.63. The maximum absolute atomic E-state index is 11.9. The second-order valence-corrected chi connectivity index (χ2v) is 7.72. The number of benzene rings is 1. The second kappa shape index (κ2) is 7.81. The molecule has 2 aromatic heterocycles. The summed E-state index contributed by atoms with van der Waals surface area (Å²) in [5.74, 6) is 0.430. The summed E-state index contributed by atoms with van der Waals surface area (Å²) in [7, 11) is 0. The molecule has 0 saturated carbocycles. The van der Waals surface area contributed by atoms with Gasteiger partial charge in [-0.2, -0.15) is 15.3 Å². The Labute approximate surface area is 179 Å². The van der Waals surface area contributed by atoms with Crippen LogP contribution in [-0.4, -0.2) is 32.3 Å². The molecule has 0 atom stereocenters. The van der Waals surface area contributed by atoms with E-state index in [1.165, 1.54) is 0 Å². The Bertz CT molecular complexity index is 1190. The van der Waals surface area contributed by atoms with Crippen molar-refractivity contribution in [2.45, 2.75) is 33.1 Å². The summed E-state index contributed by atoms with van der Waals surface area (Å²) >= 11 is 6.17. The lowest BCUT2D eigenvalue weighted by atomic mass is 10.0. The Morgan fingerprint density at radius 2 is 2.07 bits per heavy atom. The molecule has 1 fully saturated rings. The van der Waals surface area contributed by atoms with Crippen LogP contribution in [0.5, 0.6) is 5.88 Å². The fraction of sp³-hybridized carbons (Fsp3) is 0.273. The van der Waals surface area contributed by atoms with E-state index in [-0.39, 0.29) is 11.8 Å². The summed E-state index contributed by atoms with van der Waals surface area (Å²) in [5, 5.41) is 24.5. The van der Waals surface area contributed by atoms with Crippen LogP contribution >= 0.6 is 11.6 Å². The van der Waals surface area contributed by atoms with Crippen molar-refractivity contribution in [2.24, 2.45) is 0 Å². The molecule has 4 rings (SSSR count). The maximum atomic E-state index is 11.9. The highest BCUT2D eigenvalue weighted by Crippen LogP contribution is 2.28. The average Bonchev–Trinajstić information content (AvgIpc) is 3.27. The molecule has 0 aliphatic carbocycles. The number of hydrogen-bond acceptors (Lipinski definition) is 5. The Kier molecular flexibility index (Phi) is 5.18. The van der Waals surface area contributed by atoms with E-state index in [1.54, 1.807) is 39.9 Å². The Hall–Kier alpha value is -3.37. The van der Waals surface area contributed by atoms with Gasteiger partial charge in [0.2, 0.25) is 11.8 Å². The summed E-state index contributed by atoms with van der Waals surface area (Å²) in [6, 6.07) is 10.8. The number of amides is 1. The van der Waals surface area contributed by atoms with Crippen LogP contribution in [0.4, 0.5) is 5.82 Å². The van der Waals surface area contributed by atoms with Crippen molar-refractivity contribution in [1.82, 2.24) is 14.8 Å². The molecule has 7 nitrogen and oxygen atoms in total. The number of aromatic hydroxyl groups is 1. The number of rotatable bonds is 4. The van der Waals surface area contributed by atoms with E-state index in [1.807, 2.05) is 13.8 Å². The van der Waals surface area contributed by atoms with Gasteiger partial charge >= 0.3 is 0 Å². The van der Waals surface area contributed by atoms with Gasteiger partial charge in [-0.3, -0.25) is 9.69 Å². The van der Waals surface area contributed by atoms with Crippen LogP contribution in [0.3, 0.4) is 0 Å². The number of anilines is 1. The monoisotopic (exact) mass is 421 g/mol. The van der Waals surface area contributed by atoms with Crippen LogP contribution in [0.25, 0.3) is 5.69 Å². The fourth-order valence-corrected chi connectivity index (χ4v) is 3.96. The van der Waals surface area contributed by atoms with E-state index in [9.17, 15) is 9.90 Å². The zero-order valence-electron chi connectivity index (χ0n) is 16.7. The molecule has 8 heteroatoms. The number of carbonyl (C=O) groups is 1. The van der Waals surface area contributed by atoms with Crippen LogP contribution in [0.15, 0.2) is 30.3 Å². The van der Waals surface area contributed by atoms with Gasteiger partial charge in [-0.05, 0) is 50.6 Å². The molecule has 0 spiro atoms. The summed E-state index contributed by atoms with van der Waals surface area (Å²) in [4.78, 5) is 17.8. The van der Waals surface area contributed by atoms with Gasteiger partial charge < -0.3 is 5.11 Å². The van der Waals surface area contributed by atoms with Gasteiger partial charge in [0.1, 0.15) is 11.9 Å². The molecule has 30 heavy (non-hydrogen) atoms. The topological polar surface area (TPSA) is 95.0 Å². The SMILES string of the molecule is Cc1nn(-c2ccc(C#N)c(Cl)c2)c(C)c1Cc1ccc(N2CCCC2=O)nc1O. The predicted molar refractivity (Wildman–Crippen MR) is 113 cm³/mol. The second-order valence-electron chi connectivity index (χ2n) is 7.32. The van der Waals surface area contributed by atoms with Crippen LogP contribution in [0, 0.1) is 25.2 Å². The highest BCUT2D eigenvalue weighted by atomic mass is 35.5. The minimum Gasteiger partial charge on any atom is -0.493 e. The van der Waals surface area contributed by atoms with Crippen molar-refractivity contribution in [1.29, 1.82) is 5.26 Å². The van der Waals surface area contributed by atoms with Crippen molar-refractivity contribution in [3.8, 4) is 17.6 Å². The molecule has 0 bridgehead atoms. The van der Waals surface area contributed by atoms with Gasteiger partial charge in [0, 0.05) is 36.2 Å². The quantitative estimate of drug-likeness (QED) is 0.690. The smallest absolute Gasteiger partial charge is 0.228 e. The summed E-state index contributed by atoms with van der Waals surface area (Å²) < 4.78 is 1.78. The lowest BCUT2D eigenvalue weighted by molar-refractivity contribution is -0.117. The van der Waals surface area contributed by atoms with E-state index in [0.29, 0.717) is 41.4 Å². The molecule has 0 radical (unpaired) electrons. The van der Waals surface area contributed by atoms with Gasteiger partial charge in [0.25, 0.3) is 0 Å². The van der Waals surface area contributed by atoms with E-state index >= 15 is 0 Å². The normalized spacial score (nSPS) is 13.7. The zero-order valence-corrected chi connectivity index (χ0v) is 17.4. The zero-order chi connectivity index (χ0) is 21.4. The van der Waals surface area contributed by atoms with Crippen molar-refractivity contribution in [3.05, 3.63) is 63.4 Å². The Balaban J connectivity index is 1.64. The number of halogens is 1. The highest BCUT2D eigenvalue weighted by molar-refractivity contribution is 6.31. The molecule has 1 saturated heterocycles. The first-order valence-corrected chi connectivity index (χ1v) is 10.0. The standard InChI is InChI=1S/C22H20ClN5O2/c1-13-18(14(2)28(26-13)17-7-5-16(12-24)19(23)11-17)10-15-6-8-20(25-22(15)30)27-9-3-4-21(27)29/h5-8,11H,3-4,9-10H2,1-2H3,(H,25,30). The molecular formula is C22H20ClN5O2. The maximum Gasteiger partial charge on any atom is 0.228 e. The molecule has 0 unspecified atom stereocenters. The summed E-state index contributed by atoms with van der Waals surface area (Å²) in [6.07, 6.45) is 1.77. The molecule has 1 amide bonds. The number of hydrogen-bond donors (Lipinski definition) is 1. The van der Waals surface area contributed by atoms with E-state index in [2.05, 4.69) is 16.2 Å². The van der Waals surface area contributed by atoms with Crippen LogP contribution in [0.2, 0.25) is 5.02 Å². The first kappa shape index (κ1) is 19.9. The largest absolute Gasteiger partial charge is 0.493 e. The van der Waals surface area contributed by atoms with Gasteiger partial charge in [-0.15, -0.1) is 0 Å². The summed E-state index contributed by atoms with van der Waals surface area (Å²) in [6.45, 7) is 4.48. The molecule has 3 aromatic rings. The molecule has 1 aliphatic heterocycles. The van der Waals surface area contributed by atoms with Crippen LogP contribution in [0.1, 0.15) is 40.9 Å². The third-order valence-corrected chi connectivity index (χ3v) is 5.73. The van der Waals surface area contributed by atoms with E-state index < -0.39 is 0 Å². The molecule has 1 aliphatic rings. The van der Waals surface area contributed by atoms with Gasteiger partial charge in [0.15, 0.2) is 0 Å². The number of nitriles is 1. The summed E-state index contributed by atoms with van der Waals surface area (Å²) in [5.41, 5.74) is 4.54. The van der Waals surface area contributed by atoms with Crippen LogP contribution in [-0.2, 0) is 11.2 Å². The van der Waals surface area contributed by atoms with Crippen LogP contribution < -0.4 is 4.90 Å². The van der Waals surface area contributed by atoms with Gasteiger partial charge in [-0.1, -0.05) is 11.6 Å². The van der Waals surface area contributed by atoms with E-state index in [4.69, 9.17) is 16.9 Å². The Morgan fingerprint density at radius 3 is 2.70 bits per heavy atom. The molecule has 1 N–H and O–H groups in total. The van der Waals surface area contributed by atoms with Crippen molar-refractivity contribution < 1.29 is 9.90 Å². The highest BCUT2D eigenvalue weighted by Gasteiger charge is 2.24. The minimum atomic E-state index is -0.0832. The lowest BCUT2D eigenvalue weighted by Crippen LogP contribution is -2.24. The van der Waals surface area contributed by atoms with E-state index in [0.717, 1.165) is 29.1 Å². The van der Waals surface area contributed by atoms with Crippen molar-refractivity contribution >= 4 is 23.3 Å². The minimum absolute atomic E-state index is 0.0312. The average molecular weight is 422 g/mol. The third-order valence-electron chi connectivity index (χ3n) is 5.42. The van der Waals surface area contributed by atoms with Crippen molar-refractivity contribution in [2.75, 3.05) is 11.4 Å². The molecule has 3 heterocycles. The number of nitrogens with zero attached hydrogens (tertiary/aromatic N) is 5. The molecular weight excluding hydrogens is 402 g/mol. The van der Waals surface area contributed by atoms with Crippen molar-refractivity contribution in [3.63, 3.8) is 0 Å². The Morgan fingerprint density at radius 1 is 1.27 bits per heavy atom. The van der Waals surface area contributed by atoms with Gasteiger partial charge in [0.05, 0.1) is 22.0 Å². The number of aromatic nitrogens is 3. The number of aryl methyl sites for hydroxylation is 1. The first-order chi connectivity index (χ1) is 14.4. The predicted octanol–water partition coefficient (Wildman–Crippen LogP) is 3.83. The number of pyridine rings is 1. The molecule has 152 valence electrons. The lowest BCUT2D eigenvalue weighted by Gasteiger charge is -2.15. The fourth-order valence-electron chi connectivity index (χ4n) is 3.75. The van der Waals surface area contributed by atoms with Gasteiger partial charge in [-0.25, -0.2) is 4.68 Å². The number of carbonyl (C=O) groups excluding carboxylic acids is 1.